The van der Waals surface area contributed by atoms with Gasteiger partial charge in [-0.25, -0.2) is 9.78 Å². The van der Waals surface area contributed by atoms with E-state index in [9.17, 15) is 9.59 Å². The van der Waals surface area contributed by atoms with Crippen LogP contribution in [-0.2, 0) is 4.79 Å². The average Bonchev–Trinajstić information content (AvgIpc) is 2.93. The van der Waals surface area contributed by atoms with Crippen molar-refractivity contribution in [2.24, 2.45) is 5.73 Å². The second-order valence-electron chi connectivity index (χ2n) is 5.78. The number of nitrogens with one attached hydrogen (secondary N) is 2. The van der Waals surface area contributed by atoms with E-state index in [1.165, 1.54) is 0 Å². The number of hydrogen-bond donors (Lipinski definition) is 3. The number of fused-ring (bicyclic) bond motifs is 1. The molecule has 4 N–H and O–H groups in total. The molecule has 7 nitrogen and oxygen atoms in total. The first kappa shape index (κ1) is 17.9. The number of amides is 3. The highest BCUT2D eigenvalue weighted by atomic mass is 79.9. The molecular weight excluding hydrogens is 400 g/mol. The Morgan fingerprint density at radius 1 is 1.27 bits per heavy atom. The lowest BCUT2D eigenvalue weighted by molar-refractivity contribution is -0.116. The molecule has 2 aromatic carbocycles. The standard InChI is InChI=1S/C18H17BrN4O3/c1-10-21-15-8-13(5-6-16(15)26-10)22-17(24)9-14(23-18(20)25)11-3-2-4-12(19)7-11/h2-8,14H,9H2,1H3,(H,22,24)(H3,20,23,25). The Morgan fingerprint density at radius 2 is 2.08 bits per heavy atom. The number of benzene rings is 2. The summed E-state index contributed by atoms with van der Waals surface area (Å²) < 4.78 is 6.26. The van der Waals surface area contributed by atoms with Crippen molar-refractivity contribution in [1.82, 2.24) is 10.3 Å². The number of hydrogen-bond acceptors (Lipinski definition) is 4. The van der Waals surface area contributed by atoms with E-state index in [0.29, 0.717) is 22.7 Å². The molecule has 134 valence electrons. The largest absolute Gasteiger partial charge is 0.441 e. The van der Waals surface area contributed by atoms with Gasteiger partial charge in [0.15, 0.2) is 11.5 Å². The lowest BCUT2D eigenvalue weighted by Gasteiger charge is -2.18. The maximum Gasteiger partial charge on any atom is 0.312 e. The molecule has 26 heavy (non-hydrogen) atoms. The molecule has 3 aromatic rings. The van der Waals surface area contributed by atoms with Crippen molar-refractivity contribution < 1.29 is 14.0 Å². The van der Waals surface area contributed by atoms with E-state index in [2.05, 4.69) is 31.5 Å². The quantitative estimate of drug-likeness (QED) is 0.589. The van der Waals surface area contributed by atoms with E-state index in [1.54, 1.807) is 25.1 Å². The Balaban J connectivity index is 1.74. The number of rotatable bonds is 5. The molecule has 0 saturated carbocycles. The third-order valence-corrected chi connectivity index (χ3v) is 4.23. The zero-order valence-electron chi connectivity index (χ0n) is 14.0. The van der Waals surface area contributed by atoms with Crippen molar-refractivity contribution in [2.45, 2.75) is 19.4 Å². The summed E-state index contributed by atoms with van der Waals surface area (Å²) in [4.78, 5) is 28.0. The van der Waals surface area contributed by atoms with Gasteiger partial charge in [-0.2, -0.15) is 0 Å². The van der Waals surface area contributed by atoms with Crippen LogP contribution in [0.4, 0.5) is 10.5 Å². The fourth-order valence-corrected chi connectivity index (χ4v) is 3.08. The smallest absolute Gasteiger partial charge is 0.312 e. The van der Waals surface area contributed by atoms with Gasteiger partial charge in [-0.3, -0.25) is 4.79 Å². The number of anilines is 1. The predicted molar refractivity (Wildman–Crippen MR) is 102 cm³/mol. The van der Waals surface area contributed by atoms with Gasteiger partial charge in [-0.15, -0.1) is 0 Å². The molecule has 0 aliphatic carbocycles. The molecule has 1 aromatic heterocycles. The normalized spacial score (nSPS) is 11.9. The molecule has 0 aliphatic rings. The van der Waals surface area contributed by atoms with Crippen molar-refractivity contribution in [3.8, 4) is 0 Å². The number of oxazole rings is 1. The Bertz CT molecular complexity index is 970. The van der Waals surface area contributed by atoms with Crippen molar-refractivity contribution in [3.05, 3.63) is 58.4 Å². The minimum absolute atomic E-state index is 0.0370. The fourth-order valence-electron chi connectivity index (χ4n) is 2.67. The van der Waals surface area contributed by atoms with E-state index in [-0.39, 0.29) is 12.3 Å². The Labute approximate surface area is 158 Å². The van der Waals surface area contributed by atoms with Crippen LogP contribution in [0.2, 0.25) is 0 Å². The molecule has 8 heteroatoms. The van der Waals surface area contributed by atoms with Crippen molar-refractivity contribution in [3.63, 3.8) is 0 Å². The SMILES string of the molecule is Cc1nc2cc(NC(=O)CC(NC(N)=O)c3cccc(Br)c3)ccc2o1. The van der Waals surface area contributed by atoms with Crippen LogP contribution in [-0.4, -0.2) is 16.9 Å². The molecule has 0 bridgehead atoms. The Kier molecular flexibility index (Phi) is 5.22. The third kappa shape index (κ3) is 4.40. The number of primary amides is 1. The fraction of sp³-hybridized carbons (Fsp3) is 0.167. The highest BCUT2D eigenvalue weighted by molar-refractivity contribution is 9.10. The number of nitrogens with zero attached hydrogens (tertiary/aromatic N) is 1. The minimum atomic E-state index is -0.692. The summed E-state index contributed by atoms with van der Waals surface area (Å²) in [6, 6.07) is 11.3. The molecule has 1 heterocycles. The molecule has 1 atom stereocenters. The second kappa shape index (κ2) is 7.57. The lowest BCUT2D eigenvalue weighted by atomic mass is 10.0. The molecule has 3 amide bonds. The third-order valence-electron chi connectivity index (χ3n) is 3.74. The number of halogens is 1. The number of carbonyl (C=O) groups is 2. The van der Waals surface area contributed by atoms with Gasteiger partial charge in [0.05, 0.1) is 12.5 Å². The van der Waals surface area contributed by atoms with Gasteiger partial charge >= 0.3 is 6.03 Å². The summed E-state index contributed by atoms with van der Waals surface area (Å²) >= 11 is 3.38. The molecule has 1 unspecified atom stereocenters. The van der Waals surface area contributed by atoms with Crippen molar-refractivity contribution >= 4 is 44.7 Å². The maximum atomic E-state index is 12.4. The number of aromatic nitrogens is 1. The first-order chi connectivity index (χ1) is 12.4. The summed E-state index contributed by atoms with van der Waals surface area (Å²) in [5.74, 6) is 0.298. The predicted octanol–water partition coefficient (Wildman–Crippen LogP) is 3.64. The van der Waals surface area contributed by atoms with Gasteiger partial charge in [-0.05, 0) is 35.9 Å². The lowest BCUT2D eigenvalue weighted by Crippen LogP contribution is -2.35. The number of carbonyl (C=O) groups excluding carboxylic acids is 2. The summed E-state index contributed by atoms with van der Waals surface area (Å²) in [7, 11) is 0. The molecule has 0 saturated heterocycles. The molecular formula is C18H17BrN4O3. The van der Waals surface area contributed by atoms with E-state index < -0.39 is 12.1 Å². The zero-order chi connectivity index (χ0) is 18.7. The Morgan fingerprint density at radius 3 is 2.81 bits per heavy atom. The second-order valence-corrected chi connectivity index (χ2v) is 6.70. The van der Waals surface area contributed by atoms with Crippen LogP contribution in [0.3, 0.4) is 0 Å². The first-order valence-electron chi connectivity index (χ1n) is 7.89. The molecule has 0 spiro atoms. The van der Waals surface area contributed by atoms with Crippen molar-refractivity contribution in [1.29, 1.82) is 0 Å². The van der Waals surface area contributed by atoms with Gasteiger partial charge < -0.3 is 20.8 Å². The first-order valence-corrected chi connectivity index (χ1v) is 8.68. The van der Waals surface area contributed by atoms with Crippen LogP contribution in [0.5, 0.6) is 0 Å². The summed E-state index contributed by atoms with van der Waals surface area (Å²) in [6.07, 6.45) is 0.0370. The molecule has 0 fully saturated rings. The topological polar surface area (TPSA) is 110 Å². The van der Waals surface area contributed by atoms with Gasteiger partial charge in [0.2, 0.25) is 5.91 Å². The van der Waals surface area contributed by atoms with Crippen LogP contribution in [0.15, 0.2) is 51.4 Å². The average molecular weight is 417 g/mol. The highest BCUT2D eigenvalue weighted by Crippen LogP contribution is 2.23. The van der Waals surface area contributed by atoms with E-state index >= 15 is 0 Å². The van der Waals surface area contributed by atoms with E-state index in [4.69, 9.17) is 10.2 Å². The van der Waals surface area contributed by atoms with Crippen LogP contribution in [0.1, 0.15) is 23.9 Å². The molecule has 3 rings (SSSR count). The monoisotopic (exact) mass is 416 g/mol. The van der Waals surface area contributed by atoms with Gasteiger partial charge in [0.1, 0.15) is 5.52 Å². The number of nitrogens with two attached hydrogens (primary N) is 1. The maximum absolute atomic E-state index is 12.4. The highest BCUT2D eigenvalue weighted by Gasteiger charge is 2.18. The van der Waals surface area contributed by atoms with Gasteiger partial charge in [-0.1, -0.05) is 28.1 Å². The summed E-state index contributed by atoms with van der Waals surface area (Å²) in [6.45, 7) is 1.76. The van der Waals surface area contributed by atoms with E-state index in [0.717, 1.165) is 10.0 Å². The van der Waals surface area contributed by atoms with Gasteiger partial charge in [0, 0.05) is 17.1 Å². The summed E-state index contributed by atoms with van der Waals surface area (Å²) in [5.41, 5.74) is 7.94. The zero-order valence-corrected chi connectivity index (χ0v) is 15.5. The summed E-state index contributed by atoms with van der Waals surface area (Å²) in [5, 5.41) is 5.41. The van der Waals surface area contributed by atoms with Crippen LogP contribution in [0.25, 0.3) is 11.1 Å². The number of urea groups is 1. The molecule has 0 aliphatic heterocycles. The van der Waals surface area contributed by atoms with Crippen LogP contribution >= 0.6 is 15.9 Å². The van der Waals surface area contributed by atoms with Crippen LogP contribution in [0, 0.1) is 6.92 Å². The van der Waals surface area contributed by atoms with Crippen molar-refractivity contribution in [2.75, 3.05) is 5.32 Å². The van der Waals surface area contributed by atoms with Crippen LogP contribution < -0.4 is 16.4 Å². The van der Waals surface area contributed by atoms with E-state index in [1.807, 2.05) is 24.3 Å². The molecule has 0 radical (unpaired) electrons. The number of aryl methyl sites for hydroxylation is 1. The minimum Gasteiger partial charge on any atom is -0.441 e. The Hall–Kier alpha value is -2.87. The van der Waals surface area contributed by atoms with Gasteiger partial charge in [0.25, 0.3) is 0 Å².